The monoisotopic (exact) mass is 219 g/mol. The molecule has 1 atom stereocenters. The first-order valence-corrected chi connectivity index (χ1v) is 5.69. The molecule has 0 saturated carbocycles. The maximum atomic E-state index is 5.76. The van der Waals surface area contributed by atoms with Crippen LogP contribution in [-0.4, -0.2) is 9.97 Å². The zero-order chi connectivity index (χ0) is 10.8. The normalized spacial score (nSPS) is 12.7. The number of thiazole rings is 1. The summed E-state index contributed by atoms with van der Waals surface area (Å²) >= 11 is 1.59. The number of pyridine rings is 1. The molecular weight excluding hydrogens is 206 g/mol. The Bertz CT molecular complexity index is 462. The fourth-order valence-electron chi connectivity index (χ4n) is 1.27. The number of rotatable bonds is 2. The number of nitrogens with zero attached hydrogens (tertiary/aromatic N) is 2. The van der Waals surface area contributed by atoms with Gasteiger partial charge in [-0.05, 0) is 31.5 Å². The zero-order valence-corrected chi connectivity index (χ0v) is 9.58. The molecule has 1 unspecified atom stereocenters. The van der Waals surface area contributed by atoms with Crippen LogP contribution in [0.15, 0.2) is 23.7 Å². The van der Waals surface area contributed by atoms with Gasteiger partial charge in [-0.25, -0.2) is 4.98 Å². The van der Waals surface area contributed by atoms with E-state index >= 15 is 0 Å². The summed E-state index contributed by atoms with van der Waals surface area (Å²) in [5.41, 5.74) is 8.80. The molecule has 0 spiro atoms. The van der Waals surface area contributed by atoms with Gasteiger partial charge < -0.3 is 5.73 Å². The Labute approximate surface area is 93.0 Å². The first kappa shape index (κ1) is 10.3. The van der Waals surface area contributed by atoms with E-state index in [2.05, 4.69) is 9.97 Å². The lowest BCUT2D eigenvalue weighted by molar-refractivity contribution is 0.790. The number of aryl methyl sites for hydroxylation is 1. The predicted octanol–water partition coefficient (Wildman–Crippen LogP) is 2.53. The highest BCUT2D eigenvalue weighted by molar-refractivity contribution is 7.13. The summed E-state index contributed by atoms with van der Waals surface area (Å²) in [5.74, 6) is 0. The van der Waals surface area contributed by atoms with Gasteiger partial charge in [0.1, 0.15) is 5.01 Å². The molecule has 4 heteroatoms. The smallest absolute Gasteiger partial charge is 0.142 e. The quantitative estimate of drug-likeness (QED) is 0.844. The topological polar surface area (TPSA) is 51.8 Å². The van der Waals surface area contributed by atoms with Crippen molar-refractivity contribution < 1.29 is 0 Å². The summed E-state index contributed by atoms with van der Waals surface area (Å²) in [6.45, 7) is 3.98. The fraction of sp³-hybridized carbons (Fsp3) is 0.273. The number of hydrogen-bond donors (Lipinski definition) is 1. The average Bonchev–Trinajstić information content (AvgIpc) is 2.66. The van der Waals surface area contributed by atoms with Gasteiger partial charge >= 0.3 is 0 Å². The summed E-state index contributed by atoms with van der Waals surface area (Å²) in [5, 5.41) is 2.93. The van der Waals surface area contributed by atoms with Crippen molar-refractivity contribution in [1.29, 1.82) is 0 Å². The summed E-state index contributed by atoms with van der Waals surface area (Å²) in [6, 6.07) is 3.99. The third-order valence-electron chi connectivity index (χ3n) is 2.12. The van der Waals surface area contributed by atoms with E-state index in [1.807, 2.05) is 31.4 Å². The minimum atomic E-state index is -0.0141. The maximum Gasteiger partial charge on any atom is 0.142 e. The second-order valence-electron chi connectivity index (χ2n) is 3.58. The molecule has 3 nitrogen and oxygen atoms in total. The van der Waals surface area contributed by atoms with E-state index < -0.39 is 0 Å². The second-order valence-corrected chi connectivity index (χ2v) is 4.44. The molecule has 78 valence electrons. The highest BCUT2D eigenvalue weighted by Crippen LogP contribution is 2.24. The molecule has 2 N–H and O–H groups in total. The predicted molar refractivity (Wildman–Crippen MR) is 62.7 cm³/mol. The molecule has 0 radical (unpaired) electrons. The molecule has 0 aliphatic rings. The van der Waals surface area contributed by atoms with Crippen LogP contribution in [0, 0.1) is 6.92 Å². The van der Waals surface area contributed by atoms with E-state index in [-0.39, 0.29) is 6.04 Å². The Balaban J connectivity index is 2.37. The molecule has 0 aliphatic carbocycles. The van der Waals surface area contributed by atoms with Crippen molar-refractivity contribution in [1.82, 2.24) is 9.97 Å². The van der Waals surface area contributed by atoms with E-state index in [0.29, 0.717) is 0 Å². The van der Waals surface area contributed by atoms with Gasteiger partial charge in [0.05, 0.1) is 11.4 Å². The number of hydrogen-bond acceptors (Lipinski definition) is 4. The van der Waals surface area contributed by atoms with Crippen LogP contribution in [0.3, 0.4) is 0 Å². The lowest BCUT2D eigenvalue weighted by Gasteiger charge is -1.98. The highest BCUT2D eigenvalue weighted by Gasteiger charge is 2.08. The standard InChI is InChI=1S/C11H13N3S/c1-7-3-4-13-9(5-7)11-14-10(6-15-11)8(2)12/h3-6,8H,12H2,1-2H3. The van der Waals surface area contributed by atoms with Crippen LogP contribution in [0.4, 0.5) is 0 Å². The third-order valence-corrected chi connectivity index (χ3v) is 3.01. The van der Waals surface area contributed by atoms with Gasteiger partial charge in [-0.3, -0.25) is 4.98 Å². The van der Waals surface area contributed by atoms with Crippen molar-refractivity contribution in [3.05, 3.63) is 35.0 Å². The van der Waals surface area contributed by atoms with Crippen LogP contribution in [0.5, 0.6) is 0 Å². The molecule has 0 fully saturated rings. The molecule has 2 aromatic rings. The van der Waals surface area contributed by atoms with Gasteiger partial charge in [-0.15, -0.1) is 11.3 Å². The van der Waals surface area contributed by atoms with Gasteiger partial charge in [0.2, 0.25) is 0 Å². The molecular formula is C11H13N3S. The van der Waals surface area contributed by atoms with Crippen LogP contribution >= 0.6 is 11.3 Å². The molecule has 0 bridgehead atoms. The van der Waals surface area contributed by atoms with Gasteiger partial charge in [0, 0.05) is 17.6 Å². The molecule has 0 amide bonds. The highest BCUT2D eigenvalue weighted by atomic mass is 32.1. The minimum Gasteiger partial charge on any atom is -0.323 e. The molecule has 0 aliphatic heterocycles. The van der Waals surface area contributed by atoms with E-state index in [0.717, 1.165) is 16.4 Å². The van der Waals surface area contributed by atoms with Crippen molar-refractivity contribution in [3.8, 4) is 10.7 Å². The largest absolute Gasteiger partial charge is 0.323 e. The Morgan fingerprint density at radius 3 is 2.87 bits per heavy atom. The molecule has 15 heavy (non-hydrogen) atoms. The number of nitrogens with two attached hydrogens (primary N) is 1. The van der Waals surface area contributed by atoms with Crippen LogP contribution < -0.4 is 5.73 Å². The average molecular weight is 219 g/mol. The number of aromatic nitrogens is 2. The SMILES string of the molecule is Cc1ccnc(-c2nc(C(C)N)cs2)c1. The summed E-state index contributed by atoms with van der Waals surface area (Å²) < 4.78 is 0. The third kappa shape index (κ3) is 2.22. The lowest BCUT2D eigenvalue weighted by Crippen LogP contribution is -2.04. The van der Waals surface area contributed by atoms with Crippen LogP contribution in [-0.2, 0) is 0 Å². The van der Waals surface area contributed by atoms with Gasteiger partial charge in [0.25, 0.3) is 0 Å². The zero-order valence-electron chi connectivity index (χ0n) is 8.77. The Hall–Kier alpha value is -1.26. The van der Waals surface area contributed by atoms with E-state index in [9.17, 15) is 0 Å². The molecule has 0 saturated heterocycles. The summed E-state index contributed by atoms with van der Waals surface area (Å²) in [4.78, 5) is 8.74. The Morgan fingerprint density at radius 2 is 2.27 bits per heavy atom. The molecule has 2 heterocycles. The Morgan fingerprint density at radius 1 is 1.47 bits per heavy atom. The van der Waals surface area contributed by atoms with Crippen molar-refractivity contribution >= 4 is 11.3 Å². The molecule has 2 rings (SSSR count). The van der Waals surface area contributed by atoms with Gasteiger partial charge in [-0.2, -0.15) is 0 Å². The lowest BCUT2D eigenvalue weighted by atomic mass is 10.2. The molecule has 0 aromatic carbocycles. The molecule has 2 aromatic heterocycles. The van der Waals surface area contributed by atoms with E-state index in [1.165, 1.54) is 5.56 Å². The second kappa shape index (κ2) is 4.08. The van der Waals surface area contributed by atoms with E-state index in [4.69, 9.17) is 5.73 Å². The van der Waals surface area contributed by atoms with Crippen molar-refractivity contribution in [2.45, 2.75) is 19.9 Å². The summed E-state index contributed by atoms with van der Waals surface area (Å²) in [7, 11) is 0. The fourth-order valence-corrected chi connectivity index (χ4v) is 2.16. The Kier molecular flexibility index (Phi) is 2.79. The maximum absolute atomic E-state index is 5.76. The van der Waals surface area contributed by atoms with Crippen molar-refractivity contribution in [3.63, 3.8) is 0 Å². The van der Waals surface area contributed by atoms with Crippen LogP contribution in [0.25, 0.3) is 10.7 Å². The van der Waals surface area contributed by atoms with Crippen molar-refractivity contribution in [2.24, 2.45) is 5.73 Å². The van der Waals surface area contributed by atoms with Gasteiger partial charge in [-0.1, -0.05) is 0 Å². The van der Waals surface area contributed by atoms with Crippen LogP contribution in [0.2, 0.25) is 0 Å². The minimum absolute atomic E-state index is 0.0141. The first-order chi connectivity index (χ1) is 7.16. The van der Waals surface area contributed by atoms with E-state index in [1.54, 1.807) is 17.5 Å². The van der Waals surface area contributed by atoms with Gasteiger partial charge in [0.15, 0.2) is 0 Å². The van der Waals surface area contributed by atoms with Crippen LogP contribution in [0.1, 0.15) is 24.2 Å². The van der Waals surface area contributed by atoms with Crippen molar-refractivity contribution in [2.75, 3.05) is 0 Å². The first-order valence-electron chi connectivity index (χ1n) is 4.81. The summed E-state index contributed by atoms with van der Waals surface area (Å²) in [6.07, 6.45) is 1.80.